The summed E-state index contributed by atoms with van der Waals surface area (Å²) in [5, 5.41) is 0. The Labute approximate surface area is 98.0 Å². The summed E-state index contributed by atoms with van der Waals surface area (Å²) in [5.74, 6) is -0.120. The molecule has 0 aliphatic carbocycles. The molecule has 6 heteroatoms. The molecule has 0 aliphatic rings. The van der Waals surface area contributed by atoms with Crippen molar-refractivity contribution in [2.24, 2.45) is 0 Å². The summed E-state index contributed by atoms with van der Waals surface area (Å²) < 4.78 is 17.5. The predicted molar refractivity (Wildman–Crippen MR) is 60.3 cm³/mol. The highest BCUT2D eigenvalue weighted by Gasteiger charge is 1.97. The number of carbonyl (C=O) groups is 1. The number of hydrogen-bond donors (Lipinski definition) is 1. The van der Waals surface area contributed by atoms with Gasteiger partial charge in [0.15, 0.2) is 0 Å². The number of hydrogen-bond acceptors (Lipinski definition) is 4. The van der Waals surface area contributed by atoms with Gasteiger partial charge in [0.2, 0.25) is 0 Å². The largest absolute Gasteiger partial charge is 0.382 e. The Morgan fingerprint density at radius 1 is 1.21 bits per heavy atom. The maximum atomic E-state index is 10.7. The van der Waals surface area contributed by atoms with Crippen molar-refractivity contribution in [2.75, 3.05) is 40.1 Å². The van der Waals surface area contributed by atoms with Crippen LogP contribution in [0.2, 0.25) is 0 Å². The fraction of sp³-hybridized carbons (Fsp3) is 0.875. The highest BCUT2D eigenvalue weighted by molar-refractivity contribution is 14.1. The Kier molecular flexibility index (Phi) is 11.2. The molecular weight excluding hydrogens is 301 g/mol. The van der Waals surface area contributed by atoms with Gasteiger partial charge in [-0.3, -0.25) is 8.32 Å². The number of halogens is 1. The number of methoxy groups -OCH3 is 1. The van der Waals surface area contributed by atoms with Gasteiger partial charge in [0.05, 0.1) is 36.1 Å². The molecule has 0 rings (SSSR count). The minimum absolute atomic E-state index is 0.112. The molecule has 1 N–H and O–H groups in total. The number of nitrogens with one attached hydrogen (secondary N) is 1. The van der Waals surface area contributed by atoms with Crippen LogP contribution in [0.3, 0.4) is 0 Å². The van der Waals surface area contributed by atoms with Crippen LogP contribution in [0.15, 0.2) is 0 Å². The van der Waals surface area contributed by atoms with E-state index in [1.807, 2.05) is 0 Å². The van der Waals surface area contributed by atoms with Gasteiger partial charge < -0.3 is 14.2 Å². The molecule has 1 amide bonds. The Morgan fingerprint density at radius 3 is 2.57 bits per heavy atom. The van der Waals surface area contributed by atoms with Crippen LogP contribution < -0.4 is 3.53 Å². The third-order valence-electron chi connectivity index (χ3n) is 1.35. The number of ether oxygens (including phenoxy) is 3. The highest BCUT2D eigenvalue weighted by Crippen LogP contribution is 1.86. The number of carbonyl (C=O) groups excluding carboxylic acids is 1. The molecule has 0 radical (unpaired) electrons. The molecule has 14 heavy (non-hydrogen) atoms. The summed E-state index contributed by atoms with van der Waals surface area (Å²) in [7, 11) is 1.63. The van der Waals surface area contributed by atoms with Crippen LogP contribution in [-0.2, 0) is 19.0 Å². The number of amides is 1. The molecular formula is C8H16INO4. The molecule has 0 unspecified atom stereocenters. The zero-order valence-corrected chi connectivity index (χ0v) is 10.4. The lowest BCUT2D eigenvalue weighted by Crippen LogP contribution is -2.19. The van der Waals surface area contributed by atoms with Crippen LogP contribution in [0.4, 0.5) is 0 Å². The first kappa shape index (κ1) is 14.1. The zero-order chi connectivity index (χ0) is 10.6. The first-order valence-electron chi connectivity index (χ1n) is 4.35. The van der Waals surface area contributed by atoms with Crippen LogP contribution in [0.25, 0.3) is 0 Å². The molecule has 0 aliphatic heterocycles. The maximum absolute atomic E-state index is 10.7. The Balaban J connectivity index is 2.95. The second-order valence-corrected chi connectivity index (χ2v) is 3.07. The average molecular weight is 317 g/mol. The lowest BCUT2D eigenvalue weighted by molar-refractivity contribution is -0.123. The van der Waals surface area contributed by atoms with E-state index < -0.39 is 0 Å². The topological polar surface area (TPSA) is 56.8 Å². The van der Waals surface area contributed by atoms with Gasteiger partial charge >= 0.3 is 0 Å². The molecule has 0 aromatic heterocycles. The van der Waals surface area contributed by atoms with Crippen LogP contribution >= 0.6 is 22.9 Å². The van der Waals surface area contributed by atoms with Crippen molar-refractivity contribution in [3.63, 3.8) is 0 Å². The molecule has 0 heterocycles. The van der Waals surface area contributed by atoms with E-state index in [0.717, 1.165) is 6.42 Å². The van der Waals surface area contributed by atoms with Crippen molar-refractivity contribution in [1.29, 1.82) is 0 Å². The van der Waals surface area contributed by atoms with Gasteiger partial charge in [-0.05, 0) is 6.42 Å². The van der Waals surface area contributed by atoms with Crippen molar-refractivity contribution >= 4 is 28.8 Å². The van der Waals surface area contributed by atoms with E-state index in [4.69, 9.17) is 14.2 Å². The van der Waals surface area contributed by atoms with Gasteiger partial charge in [0.25, 0.3) is 5.91 Å². The zero-order valence-electron chi connectivity index (χ0n) is 8.25. The van der Waals surface area contributed by atoms with Gasteiger partial charge in [0, 0.05) is 20.3 Å². The van der Waals surface area contributed by atoms with Crippen LogP contribution in [0, 0.1) is 0 Å². The third-order valence-corrected chi connectivity index (χ3v) is 1.95. The number of rotatable bonds is 9. The molecule has 0 atom stereocenters. The van der Waals surface area contributed by atoms with Gasteiger partial charge in [-0.2, -0.15) is 0 Å². The molecule has 0 fully saturated rings. The molecule has 0 bridgehead atoms. The Morgan fingerprint density at radius 2 is 1.93 bits per heavy atom. The summed E-state index contributed by atoms with van der Waals surface area (Å²) in [6, 6.07) is 0. The highest BCUT2D eigenvalue weighted by atomic mass is 127. The predicted octanol–water partition coefficient (Wildman–Crippen LogP) is 0.522. The molecule has 0 aromatic carbocycles. The van der Waals surface area contributed by atoms with Gasteiger partial charge in [0.1, 0.15) is 6.61 Å². The van der Waals surface area contributed by atoms with E-state index in [9.17, 15) is 4.79 Å². The summed E-state index contributed by atoms with van der Waals surface area (Å²) >= 11 is 1.78. The smallest absolute Gasteiger partial charge is 0.254 e. The normalized spacial score (nSPS) is 10.1. The minimum atomic E-state index is -0.120. The maximum Gasteiger partial charge on any atom is 0.254 e. The second kappa shape index (κ2) is 11.2. The van der Waals surface area contributed by atoms with Crippen molar-refractivity contribution in [3.05, 3.63) is 0 Å². The van der Waals surface area contributed by atoms with E-state index in [1.54, 1.807) is 30.0 Å². The van der Waals surface area contributed by atoms with Gasteiger partial charge in [-0.1, -0.05) is 0 Å². The molecule has 0 aromatic rings. The Bertz CT molecular complexity index is 145. The van der Waals surface area contributed by atoms with Crippen molar-refractivity contribution in [3.8, 4) is 0 Å². The molecule has 0 spiro atoms. The quantitative estimate of drug-likeness (QED) is 0.383. The van der Waals surface area contributed by atoms with Crippen molar-refractivity contribution in [2.45, 2.75) is 6.42 Å². The van der Waals surface area contributed by atoms with E-state index in [0.29, 0.717) is 26.4 Å². The average Bonchev–Trinajstić information content (AvgIpc) is 2.21. The van der Waals surface area contributed by atoms with Crippen LogP contribution in [0.1, 0.15) is 6.42 Å². The first-order chi connectivity index (χ1) is 6.81. The Hall–Kier alpha value is 0.0800. The van der Waals surface area contributed by atoms with E-state index in [-0.39, 0.29) is 12.5 Å². The summed E-state index contributed by atoms with van der Waals surface area (Å²) in [6.07, 6.45) is 0.790. The van der Waals surface area contributed by atoms with E-state index in [2.05, 4.69) is 3.53 Å². The summed E-state index contributed by atoms with van der Waals surface area (Å²) in [5.41, 5.74) is 0. The van der Waals surface area contributed by atoms with E-state index in [1.165, 1.54) is 0 Å². The lowest BCUT2D eigenvalue weighted by Gasteiger charge is -2.04. The van der Waals surface area contributed by atoms with Gasteiger partial charge in [-0.15, -0.1) is 0 Å². The second-order valence-electron chi connectivity index (χ2n) is 2.53. The molecule has 0 saturated carbocycles. The first-order valence-corrected chi connectivity index (χ1v) is 5.43. The standard InChI is InChI=1S/C8H16INO4/c1-12-5-6-13-3-2-4-14-7-8(11)10-9/h2-7H2,1H3,(H,10,11). The SMILES string of the molecule is COCCOCCCOCC(=O)NI. The molecule has 5 nitrogen and oxygen atoms in total. The summed E-state index contributed by atoms with van der Waals surface area (Å²) in [6.45, 7) is 2.50. The monoisotopic (exact) mass is 317 g/mol. The van der Waals surface area contributed by atoms with Crippen LogP contribution in [0.5, 0.6) is 0 Å². The van der Waals surface area contributed by atoms with Crippen LogP contribution in [-0.4, -0.2) is 46.1 Å². The molecule has 0 saturated heterocycles. The summed E-state index contributed by atoms with van der Waals surface area (Å²) in [4.78, 5) is 10.7. The third kappa shape index (κ3) is 10.2. The fourth-order valence-corrected chi connectivity index (χ4v) is 0.855. The fourth-order valence-electron chi connectivity index (χ4n) is 0.700. The van der Waals surface area contributed by atoms with Gasteiger partial charge in [-0.25, -0.2) is 0 Å². The van der Waals surface area contributed by atoms with Crippen molar-refractivity contribution in [1.82, 2.24) is 3.53 Å². The molecule has 84 valence electrons. The van der Waals surface area contributed by atoms with Crippen molar-refractivity contribution < 1.29 is 19.0 Å². The minimum Gasteiger partial charge on any atom is -0.382 e. The van der Waals surface area contributed by atoms with E-state index >= 15 is 0 Å². The lowest BCUT2D eigenvalue weighted by atomic mass is 10.5.